The van der Waals surface area contributed by atoms with Gasteiger partial charge in [-0.15, -0.1) is 0 Å². The van der Waals surface area contributed by atoms with Gasteiger partial charge < -0.3 is 24.6 Å². The average molecular weight is 436 g/mol. The number of nitrogens with one attached hydrogen (secondary N) is 1. The molecule has 2 atom stereocenters. The summed E-state index contributed by atoms with van der Waals surface area (Å²) in [5, 5.41) is 15.2. The molecular formula is C25H29N3O4. The predicted octanol–water partition coefficient (Wildman–Crippen LogP) is 3.76. The molecule has 7 heteroatoms. The van der Waals surface area contributed by atoms with E-state index in [9.17, 15) is 5.11 Å². The standard InChI is InChI=1S/C25H29N3O4/c1-30-23-8-6-19-24(28-23)18(10-13-26-19)9-12-25(29)11-3-2-4-22(25)27-15-17-5-7-20-21(14-17)32-16-31-20/h5-8,10,13-14,22,27,29H,2-4,9,11-12,15-16H2,1H3. The molecule has 2 aromatic heterocycles. The van der Waals surface area contributed by atoms with Gasteiger partial charge in [-0.3, -0.25) is 4.98 Å². The molecule has 5 rings (SSSR count). The minimum Gasteiger partial charge on any atom is -0.481 e. The van der Waals surface area contributed by atoms with Gasteiger partial charge in [-0.25, -0.2) is 4.98 Å². The molecule has 2 aliphatic rings. The Kier molecular flexibility index (Phi) is 5.85. The minimum absolute atomic E-state index is 0.0391. The number of fused-ring (bicyclic) bond motifs is 2. The van der Waals surface area contributed by atoms with Gasteiger partial charge in [0.05, 0.1) is 23.7 Å². The highest BCUT2D eigenvalue weighted by Gasteiger charge is 2.38. The van der Waals surface area contributed by atoms with Crippen LogP contribution in [0, 0.1) is 0 Å². The van der Waals surface area contributed by atoms with Crippen molar-refractivity contribution in [3.8, 4) is 17.4 Å². The van der Waals surface area contributed by atoms with Gasteiger partial charge in [0, 0.05) is 24.8 Å². The van der Waals surface area contributed by atoms with E-state index in [1.807, 2.05) is 42.6 Å². The van der Waals surface area contributed by atoms with Crippen LogP contribution in [0.25, 0.3) is 11.0 Å². The zero-order valence-electron chi connectivity index (χ0n) is 18.3. The van der Waals surface area contributed by atoms with Gasteiger partial charge in [0.25, 0.3) is 0 Å². The van der Waals surface area contributed by atoms with Crippen molar-refractivity contribution in [2.75, 3.05) is 13.9 Å². The Bertz CT molecular complexity index is 1110. The fraction of sp³-hybridized carbons (Fsp3) is 0.440. The van der Waals surface area contributed by atoms with Crippen LogP contribution in [0.5, 0.6) is 17.4 Å². The summed E-state index contributed by atoms with van der Waals surface area (Å²) in [6.07, 6.45) is 7.14. The SMILES string of the molecule is COc1ccc2nccc(CCC3(O)CCCCC3NCc3ccc4c(c3)OCO4)c2n1. The number of nitrogens with zero attached hydrogens (tertiary/aromatic N) is 2. The topological polar surface area (TPSA) is 85.7 Å². The number of hydrogen-bond donors (Lipinski definition) is 2. The number of benzene rings is 1. The Morgan fingerprint density at radius 2 is 2.06 bits per heavy atom. The van der Waals surface area contributed by atoms with E-state index in [-0.39, 0.29) is 12.8 Å². The first-order chi connectivity index (χ1) is 15.6. The number of rotatable bonds is 7. The summed E-state index contributed by atoms with van der Waals surface area (Å²) in [5.74, 6) is 2.15. The second-order valence-corrected chi connectivity index (χ2v) is 8.66. The van der Waals surface area contributed by atoms with Gasteiger partial charge in [-0.1, -0.05) is 18.9 Å². The van der Waals surface area contributed by atoms with Crippen molar-refractivity contribution in [2.45, 2.75) is 56.7 Å². The van der Waals surface area contributed by atoms with Gasteiger partial charge in [-0.05, 0) is 61.1 Å². The maximum atomic E-state index is 11.6. The lowest BCUT2D eigenvalue weighted by atomic mass is 9.76. The van der Waals surface area contributed by atoms with E-state index in [2.05, 4.69) is 15.3 Å². The Hall–Kier alpha value is -2.90. The Balaban J connectivity index is 1.29. The largest absolute Gasteiger partial charge is 0.481 e. The first kappa shape index (κ1) is 21.0. The van der Waals surface area contributed by atoms with Crippen LogP contribution < -0.4 is 19.5 Å². The molecule has 0 spiro atoms. The molecule has 3 aromatic rings. The predicted molar refractivity (Wildman–Crippen MR) is 121 cm³/mol. The van der Waals surface area contributed by atoms with Crippen LogP contribution in [-0.4, -0.2) is 40.6 Å². The second-order valence-electron chi connectivity index (χ2n) is 8.66. The number of methoxy groups -OCH3 is 1. The van der Waals surface area contributed by atoms with Gasteiger partial charge in [0.2, 0.25) is 12.7 Å². The summed E-state index contributed by atoms with van der Waals surface area (Å²) in [5.41, 5.74) is 3.14. The summed E-state index contributed by atoms with van der Waals surface area (Å²) in [6, 6.07) is 11.8. The fourth-order valence-corrected chi connectivity index (χ4v) is 4.83. The van der Waals surface area contributed by atoms with E-state index in [1.54, 1.807) is 7.11 Å². The van der Waals surface area contributed by atoms with Crippen molar-refractivity contribution in [3.05, 3.63) is 53.7 Å². The van der Waals surface area contributed by atoms with Crippen LogP contribution in [0.3, 0.4) is 0 Å². The number of aliphatic hydroxyl groups is 1. The third-order valence-corrected chi connectivity index (χ3v) is 6.67. The number of aryl methyl sites for hydroxylation is 1. The van der Waals surface area contributed by atoms with E-state index in [4.69, 9.17) is 14.2 Å². The highest BCUT2D eigenvalue weighted by atomic mass is 16.7. The normalized spacial score (nSPS) is 22.2. The van der Waals surface area contributed by atoms with Gasteiger partial charge in [-0.2, -0.15) is 0 Å². The molecule has 0 radical (unpaired) electrons. The molecule has 1 aliphatic heterocycles. The van der Waals surface area contributed by atoms with Crippen molar-refractivity contribution in [3.63, 3.8) is 0 Å². The summed E-state index contributed by atoms with van der Waals surface area (Å²) < 4.78 is 16.2. The smallest absolute Gasteiger partial charge is 0.231 e. The van der Waals surface area contributed by atoms with Gasteiger partial charge >= 0.3 is 0 Å². The van der Waals surface area contributed by atoms with Crippen LogP contribution in [0.2, 0.25) is 0 Å². The van der Waals surface area contributed by atoms with Crippen LogP contribution in [-0.2, 0) is 13.0 Å². The quantitative estimate of drug-likeness (QED) is 0.584. The fourth-order valence-electron chi connectivity index (χ4n) is 4.83. The molecule has 32 heavy (non-hydrogen) atoms. The summed E-state index contributed by atoms with van der Waals surface area (Å²) >= 11 is 0. The van der Waals surface area contributed by atoms with Crippen LogP contribution in [0.15, 0.2) is 42.6 Å². The van der Waals surface area contributed by atoms with E-state index in [1.165, 1.54) is 0 Å². The minimum atomic E-state index is -0.761. The van der Waals surface area contributed by atoms with Gasteiger partial charge in [0.15, 0.2) is 11.5 Å². The molecule has 1 aromatic carbocycles. The third kappa shape index (κ3) is 4.23. The molecule has 1 aliphatic carbocycles. The van der Waals surface area contributed by atoms with Crippen molar-refractivity contribution in [2.24, 2.45) is 0 Å². The van der Waals surface area contributed by atoms with E-state index in [0.717, 1.165) is 65.8 Å². The van der Waals surface area contributed by atoms with Crippen molar-refractivity contribution >= 4 is 11.0 Å². The molecule has 0 bridgehead atoms. The molecule has 0 saturated heterocycles. The monoisotopic (exact) mass is 435 g/mol. The summed E-state index contributed by atoms with van der Waals surface area (Å²) in [4.78, 5) is 9.02. The van der Waals surface area contributed by atoms with Crippen LogP contribution in [0.1, 0.15) is 43.2 Å². The average Bonchev–Trinajstić information content (AvgIpc) is 3.30. The first-order valence-electron chi connectivity index (χ1n) is 11.3. The molecule has 3 heterocycles. The maximum Gasteiger partial charge on any atom is 0.231 e. The highest BCUT2D eigenvalue weighted by molar-refractivity contribution is 5.78. The molecule has 0 amide bonds. The third-order valence-electron chi connectivity index (χ3n) is 6.67. The molecule has 7 nitrogen and oxygen atoms in total. The second kappa shape index (κ2) is 8.92. The summed E-state index contributed by atoms with van der Waals surface area (Å²) in [7, 11) is 1.62. The lowest BCUT2D eigenvalue weighted by Gasteiger charge is -2.41. The molecule has 2 N–H and O–H groups in total. The molecule has 2 unspecified atom stereocenters. The first-order valence-corrected chi connectivity index (χ1v) is 11.3. The molecule has 1 fully saturated rings. The summed E-state index contributed by atoms with van der Waals surface area (Å²) in [6.45, 7) is 0.958. The van der Waals surface area contributed by atoms with Gasteiger partial charge in [0.1, 0.15) is 0 Å². The Morgan fingerprint density at radius 1 is 1.16 bits per heavy atom. The molecule has 168 valence electrons. The van der Waals surface area contributed by atoms with E-state index >= 15 is 0 Å². The number of ether oxygens (including phenoxy) is 3. The van der Waals surface area contributed by atoms with Crippen LogP contribution in [0.4, 0.5) is 0 Å². The van der Waals surface area contributed by atoms with Crippen LogP contribution >= 0.6 is 0 Å². The number of hydrogen-bond acceptors (Lipinski definition) is 7. The van der Waals surface area contributed by atoms with E-state index in [0.29, 0.717) is 18.8 Å². The zero-order chi connectivity index (χ0) is 22.0. The lowest BCUT2D eigenvalue weighted by molar-refractivity contribution is -0.0341. The van der Waals surface area contributed by atoms with Crippen molar-refractivity contribution < 1.29 is 19.3 Å². The van der Waals surface area contributed by atoms with Crippen molar-refractivity contribution in [1.29, 1.82) is 0 Å². The molecular weight excluding hydrogens is 406 g/mol. The van der Waals surface area contributed by atoms with E-state index < -0.39 is 5.60 Å². The van der Waals surface area contributed by atoms with Crippen molar-refractivity contribution in [1.82, 2.24) is 15.3 Å². The lowest BCUT2D eigenvalue weighted by Crippen LogP contribution is -2.52. The zero-order valence-corrected chi connectivity index (χ0v) is 18.3. The Morgan fingerprint density at radius 3 is 2.97 bits per heavy atom. The molecule has 1 saturated carbocycles. The maximum absolute atomic E-state index is 11.6. The highest BCUT2D eigenvalue weighted by Crippen LogP contribution is 2.35. The number of aromatic nitrogens is 2. The number of pyridine rings is 2. The Labute approximate surface area is 187 Å².